The molecule has 1 aliphatic rings. The van der Waals surface area contributed by atoms with Gasteiger partial charge in [0, 0.05) is 5.56 Å². The van der Waals surface area contributed by atoms with Crippen LogP contribution in [-0.2, 0) is 5.85 Å². The summed E-state index contributed by atoms with van der Waals surface area (Å²) < 4.78 is 34.1. The van der Waals surface area contributed by atoms with E-state index in [0.717, 1.165) is 0 Å². The number of fused-ring (bicyclic) bond motifs is 1. The third kappa shape index (κ3) is 1.71. The van der Waals surface area contributed by atoms with Crippen LogP contribution in [0, 0.1) is 0 Å². The largest absolute Gasteiger partial charge is 0.450 e. The molecule has 0 unspecified atom stereocenters. The number of ether oxygens (including phenoxy) is 1. The Morgan fingerprint density at radius 3 is 2.37 bits per heavy atom. The number of benzene rings is 2. The van der Waals surface area contributed by atoms with Gasteiger partial charge < -0.3 is 4.74 Å². The number of para-hydroxylation sites is 1. The fraction of sp³-hybridized carbons (Fsp3) is 0.133. The van der Waals surface area contributed by atoms with Crippen molar-refractivity contribution in [2.24, 2.45) is 0 Å². The predicted octanol–water partition coefficient (Wildman–Crippen LogP) is 3.42. The van der Waals surface area contributed by atoms with Crippen LogP contribution in [0.1, 0.15) is 15.9 Å². The molecule has 0 amide bonds. The molecule has 0 N–H and O–H groups in total. The van der Waals surface area contributed by atoms with Crippen LogP contribution in [0.2, 0.25) is 0 Å². The molecule has 0 spiro atoms. The second-order valence-electron chi connectivity index (χ2n) is 4.34. The molecule has 0 saturated carbocycles. The number of hydrogen-bond donors (Lipinski definition) is 0. The molecule has 0 radical (unpaired) electrons. The number of halogens is 2. The van der Waals surface area contributed by atoms with E-state index in [9.17, 15) is 13.6 Å². The Labute approximate surface area is 108 Å². The van der Waals surface area contributed by atoms with E-state index in [0.29, 0.717) is 0 Å². The van der Waals surface area contributed by atoms with E-state index in [1.807, 2.05) is 0 Å². The van der Waals surface area contributed by atoms with Crippen molar-refractivity contribution in [3.05, 3.63) is 65.7 Å². The Morgan fingerprint density at radius 2 is 1.63 bits per heavy atom. The highest BCUT2D eigenvalue weighted by atomic mass is 19.2. The molecule has 3 rings (SSSR count). The molecule has 19 heavy (non-hydrogen) atoms. The lowest BCUT2D eigenvalue weighted by Crippen LogP contribution is -2.46. The Balaban J connectivity index is 2.13. The van der Waals surface area contributed by atoms with Crippen LogP contribution in [0.4, 0.5) is 8.78 Å². The third-order valence-electron chi connectivity index (χ3n) is 3.13. The summed E-state index contributed by atoms with van der Waals surface area (Å²) >= 11 is 0. The molecule has 2 aromatic carbocycles. The van der Waals surface area contributed by atoms with Crippen LogP contribution >= 0.6 is 0 Å². The van der Waals surface area contributed by atoms with Crippen LogP contribution in [-0.4, -0.2) is 12.0 Å². The van der Waals surface area contributed by atoms with Gasteiger partial charge >= 0.3 is 5.85 Å². The zero-order valence-electron chi connectivity index (χ0n) is 9.85. The second-order valence-corrected chi connectivity index (χ2v) is 4.34. The number of Topliss-reactive ketones (excluding diaryl/α,β-unsaturated/α-hetero) is 1. The van der Waals surface area contributed by atoms with Crippen molar-refractivity contribution in [3.63, 3.8) is 0 Å². The van der Waals surface area contributed by atoms with Gasteiger partial charge in [0.1, 0.15) is 5.75 Å². The average Bonchev–Trinajstić information content (AvgIpc) is 2.46. The minimum absolute atomic E-state index is 0.00893. The first-order chi connectivity index (χ1) is 9.13. The molecule has 0 bridgehead atoms. The number of carbonyl (C=O) groups excluding carboxylic acids is 1. The van der Waals surface area contributed by atoms with Gasteiger partial charge in [-0.05, 0) is 12.1 Å². The van der Waals surface area contributed by atoms with Crippen molar-refractivity contribution < 1.29 is 18.3 Å². The molecule has 2 nitrogen and oxygen atoms in total. The monoisotopic (exact) mass is 260 g/mol. The number of carbonyl (C=O) groups is 1. The van der Waals surface area contributed by atoms with E-state index in [1.54, 1.807) is 30.3 Å². The van der Waals surface area contributed by atoms with Gasteiger partial charge in [0.05, 0.1) is 5.56 Å². The van der Waals surface area contributed by atoms with Crippen LogP contribution in [0.25, 0.3) is 0 Å². The predicted molar refractivity (Wildman–Crippen MR) is 65.5 cm³/mol. The van der Waals surface area contributed by atoms with E-state index < -0.39 is 17.8 Å². The van der Waals surface area contributed by atoms with Crippen molar-refractivity contribution in [3.8, 4) is 5.75 Å². The summed E-state index contributed by atoms with van der Waals surface area (Å²) in [4.78, 5) is 11.9. The summed E-state index contributed by atoms with van der Waals surface area (Å²) in [5, 5.41) is 0. The van der Waals surface area contributed by atoms with E-state index in [-0.39, 0.29) is 16.9 Å². The van der Waals surface area contributed by atoms with Crippen molar-refractivity contribution in [1.29, 1.82) is 0 Å². The summed E-state index contributed by atoms with van der Waals surface area (Å²) in [7, 11) is 0. The summed E-state index contributed by atoms with van der Waals surface area (Å²) in [6, 6.07) is 13.7. The molecule has 1 aliphatic heterocycles. The van der Waals surface area contributed by atoms with Crippen LogP contribution < -0.4 is 4.74 Å². The van der Waals surface area contributed by atoms with Gasteiger partial charge in [0.15, 0.2) is 0 Å². The molecule has 0 aromatic heterocycles. The van der Waals surface area contributed by atoms with E-state index >= 15 is 0 Å². The molecule has 0 saturated heterocycles. The molecular weight excluding hydrogens is 250 g/mol. The number of ketones is 1. The minimum Gasteiger partial charge on any atom is -0.450 e. The zero-order valence-corrected chi connectivity index (χ0v) is 9.85. The standard InChI is InChI=1S/C15H10F2O2/c16-14-13(18)11-8-4-5-9-12(11)19-15(14,17)10-6-2-1-3-7-10/h1-9,14H/t14-,15-/m1/s1. The lowest BCUT2D eigenvalue weighted by Gasteiger charge is -2.33. The van der Waals surface area contributed by atoms with Gasteiger partial charge in [-0.1, -0.05) is 42.5 Å². The van der Waals surface area contributed by atoms with Crippen LogP contribution in [0.3, 0.4) is 0 Å². The molecule has 96 valence electrons. The number of alkyl halides is 2. The lowest BCUT2D eigenvalue weighted by molar-refractivity contribution is -0.120. The maximum Gasteiger partial charge on any atom is 0.312 e. The lowest BCUT2D eigenvalue weighted by atomic mass is 9.92. The summed E-state index contributed by atoms with van der Waals surface area (Å²) in [5.74, 6) is -3.60. The highest BCUT2D eigenvalue weighted by Gasteiger charge is 2.52. The van der Waals surface area contributed by atoms with Gasteiger partial charge in [-0.15, -0.1) is 0 Å². The van der Waals surface area contributed by atoms with Crippen LogP contribution in [0.15, 0.2) is 54.6 Å². The third-order valence-corrected chi connectivity index (χ3v) is 3.13. The summed E-state index contributed by atoms with van der Waals surface area (Å²) in [6.07, 6.45) is -2.37. The van der Waals surface area contributed by atoms with Crippen molar-refractivity contribution in [2.45, 2.75) is 12.0 Å². The first kappa shape index (κ1) is 11.8. The van der Waals surface area contributed by atoms with Crippen molar-refractivity contribution in [1.82, 2.24) is 0 Å². The smallest absolute Gasteiger partial charge is 0.312 e. The van der Waals surface area contributed by atoms with E-state index in [4.69, 9.17) is 4.74 Å². The Kier molecular flexibility index (Phi) is 2.59. The fourth-order valence-electron chi connectivity index (χ4n) is 2.15. The van der Waals surface area contributed by atoms with Gasteiger partial charge in [0.25, 0.3) is 0 Å². The van der Waals surface area contributed by atoms with E-state index in [2.05, 4.69) is 0 Å². The van der Waals surface area contributed by atoms with Gasteiger partial charge in [0.2, 0.25) is 12.0 Å². The second kappa shape index (κ2) is 4.16. The maximum atomic E-state index is 14.8. The van der Waals surface area contributed by atoms with Crippen molar-refractivity contribution >= 4 is 5.78 Å². The SMILES string of the molecule is O=C1c2ccccc2O[C@](F)(c2ccccc2)[C@@H]1F. The number of rotatable bonds is 1. The Bertz CT molecular complexity index is 627. The highest BCUT2D eigenvalue weighted by Crippen LogP contribution is 2.42. The highest BCUT2D eigenvalue weighted by molar-refractivity contribution is 6.03. The molecule has 4 heteroatoms. The molecule has 2 aromatic rings. The minimum atomic E-state index is -2.77. The maximum absolute atomic E-state index is 14.8. The Hall–Kier alpha value is -2.23. The van der Waals surface area contributed by atoms with Gasteiger partial charge in [-0.3, -0.25) is 4.79 Å². The molecular formula is C15H10F2O2. The normalized spacial score (nSPS) is 25.6. The molecule has 2 atom stereocenters. The summed E-state index contributed by atoms with van der Waals surface area (Å²) in [5.41, 5.74) is 0.0598. The number of hydrogen-bond acceptors (Lipinski definition) is 2. The van der Waals surface area contributed by atoms with E-state index in [1.165, 1.54) is 24.3 Å². The first-order valence-electron chi connectivity index (χ1n) is 5.83. The summed E-state index contributed by atoms with van der Waals surface area (Å²) in [6.45, 7) is 0. The van der Waals surface area contributed by atoms with Gasteiger partial charge in [-0.25, -0.2) is 4.39 Å². The average molecular weight is 260 g/mol. The quantitative estimate of drug-likeness (QED) is 0.785. The van der Waals surface area contributed by atoms with Crippen molar-refractivity contribution in [2.75, 3.05) is 0 Å². The van der Waals surface area contributed by atoms with Crippen LogP contribution in [0.5, 0.6) is 5.75 Å². The molecule has 0 aliphatic carbocycles. The fourth-order valence-corrected chi connectivity index (χ4v) is 2.15. The topological polar surface area (TPSA) is 26.3 Å². The Morgan fingerprint density at radius 1 is 1.00 bits per heavy atom. The zero-order chi connectivity index (χ0) is 13.5. The molecule has 1 heterocycles. The van der Waals surface area contributed by atoms with Gasteiger partial charge in [-0.2, -0.15) is 4.39 Å². The first-order valence-corrected chi connectivity index (χ1v) is 5.83. The molecule has 0 fully saturated rings.